The molecule has 92 valence electrons. The molecule has 2 rings (SSSR count). The molecule has 0 radical (unpaired) electrons. The zero-order valence-corrected chi connectivity index (χ0v) is 10.6. The average Bonchev–Trinajstić information content (AvgIpc) is 2.37. The number of pyridine rings is 1. The van der Waals surface area contributed by atoms with Gasteiger partial charge in [-0.2, -0.15) is 0 Å². The van der Waals surface area contributed by atoms with E-state index >= 15 is 0 Å². The maximum Gasteiger partial charge on any atom is 0.115 e. The van der Waals surface area contributed by atoms with E-state index in [4.69, 9.17) is 4.74 Å². The third kappa shape index (κ3) is 3.07. The molecule has 1 aliphatic rings. The Bertz CT molecular complexity index is 401. The summed E-state index contributed by atoms with van der Waals surface area (Å²) in [5.74, 6) is 1.02. The number of ether oxygens (including phenoxy) is 1. The molecule has 0 aromatic carbocycles. The summed E-state index contributed by atoms with van der Waals surface area (Å²) in [5.41, 5.74) is 2.27. The second-order valence-electron chi connectivity index (χ2n) is 4.35. The fraction of sp³-hybridized carbons (Fsp3) is 0.500. The van der Waals surface area contributed by atoms with E-state index < -0.39 is 0 Å². The van der Waals surface area contributed by atoms with Crippen molar-refractivity contribution in [2.45, 2.75) is 32.7 Å². The largest absolute Gasteiger partial charge is 0.496 e. The molecule has 1 atom stereocenters. The van der Waals surface area contributed by atoms with Crippen LogP contribution in [-0.2, 0) is 4.74 Å². The third-order valence-electron chi connectivity index (χ3n) is 2.89. The van der Waals surface area contributed by atoms with Gasteiger partial charge in [-0.15, -0.1) is 0 Å². The second-order valence-corrected chi connectivity index (χ2v) is 4.35. The first-order valence-electron chi connectivity index (χ1n) is 6.30. The summed E-state index contributed by atoms with van der Waals surface area (Å²) in [4.78, 5) is 4.45. The van der Waals surface area contributed by atoms with Crippen LogP contribution in [0.3, 0.4) is 0 Å². The van der Waals surface area contributed by atoms with Crippen LogP contribution in [0.4, 0.5) is 0 Å². The number of aromatic nitrogens is 1. The summed E-state index contributed by atoms with van der Waals surface area (Å²) in [6, 6.07) is 4.23. The molecule has 0 saturated carbocycles. The molecular formula is C14H20N2O. The van der Waals surface area contributed by atoms with Gasteiger partial charge in [-0.25, -0.2) is 0 Å². The van der Waals surface area contributed by atoms with Crippen LogP contribution in [0.5, 0.6) is 0 Å². The van der Waals surface area contributed by atoms with E-state index in [9.17, 15) is 0 Å². The zero-order chi connectivity index (χ0) is 12.1. The number of hydrogen-bond acceptors (Lipinski definition) is 3. The van der Waals surface area contributed by atoms with Gasteiger partial charge < -0.3 is 10.1 Å². The summed E-state index contributed by atoms with van der Waals surface area (Å²) < 4.78 is 5.75. The Kier molecular flexibility index (Phi) is 4.15. The number of aryl methyl sites for hydroxylation is 1. The van der Waals surface area contributed by atoms with Crippen molar-refractivity contribution in [1.29, 1.82) is 0 Å². The molecule has 1 aliphatic heterocycles. The Morgan fingerprint density at radius 3 is 3.06 bits per heavy atom. The molecule has 0 fully saturated rings. The molecule has 1 aromatic heterocycles. The lowest BCUT2D eigenvalue weighted by molar-refractivity contribution is 0.167. The van der Waals surface area contributed by atoms with E-state index in [0.717, 1.165) is 37.4 Å². The van der Waals surface area contributed by atoms with Crippen LogP contribution in [0.1, 0.15) is 37.1 Å². The number of rotatable bonds is 4. The Morgan fingerprint density at radius 2 is 2.41 bits per heavy atom. The van der Waals surface area contributed by atoms with Crippen molar-refractivity contribution in [3.8, 4) is 0 Å². The normalized spacial score (nSPS) is 17.2. The van der Waals surface area contributed by atoms with Crippen molar-refractivity contribution >= 4 is 0 Å². The van der Waals surface area contributed by atoms with E-state index in [1.165, 1.54) is 5.56 Å². The minimum atomic E-state index is 0.0974. The molecule has 3 nitrogen and oxygen atoms in total. The monoisotopic (exact) mass is 232 g/mol. The number of nitrogens with zero attached hydrogens (tertiary/aromatic N) is 1. The lowest BCUT2D eigenvalue weighted by Crippen LogP contribution is -2.26. The second kappa shape index (κ2) is 5.82. The van der Waals surface area contributed by atoms with Crippen molar-refractivity contribution in [3.05, 3.63) is 41.4 Å². The smallest absolute Gasteiger partial charge is 0.115 e. The lowest BCUT2D eigenvalue weighted by atomic mass is 10.1. The van der Waals surface area contributed by atoms with Crippen molar-refractivity contribution < 1.29 is 4.74 Å². The maximum atomic E-state index is 5.75. The van der Waals surface area contributed by atoms with Gasteiger partial charge in [0.15, 0.2) is 0 Å². The first-order chi connectivity index (χ1) is 8.31. The highest BCUT2D eigenvalue weighted by molar-refractivity contribution is 5.23. The number of nitrogens with one attached hydrogen (secondary N) is 1. The van der Waals surface area contributed by atoms with Crippen molar-refractivity contribution in [3.63, 3.8) is 0 Å². The average molecular weight is 232 g/mol. The van der Waals surface area contributed by atoms with Crippen molar-refractivity contribution in [2.24, 2.45) is 0 Å². The van der Waals surface area contributed by atoms with Crippen LogP contribution in [-0.4, -0.2) is 18.1 Å². The molecular weight excluding hydrogens is 212 g/mol. The predicted molar refractivity (Wildman–Crippen MR) is 68.7 cm³/mol. The van der Waals surface area contributed by atoms with Gasteiger partial charge >= 0.3 is 0 Å². The van der Waals surface area contributed by atoms with Crippen LogP contribution >= 0.6 is 0 Å². The van der Waals surface area contributed by atoms with Gasteiger partial charge in [-0.3, -0.25) is 4.98 Å². The first kappa shape index (κ1) is 12.1. The van der Waals surface area contributed by atoms with E-state index in [2.05, 4.69) is 36.3 Å². The Labute approximate surface area is 103 Å². The van der Waals surface area contributed by atoms with Gasteiger partial charge in [0.2, 0.25) is 0 Å². The lowest BCUT2D eigenvalue weighted by Gasteiger charge is -2.24. The Morgan fingerprint density at radius 1 is 1.53 bits per heavy atom. The van der Waals surface area contributed by atoms with Gasteiger partial charge in [-0.1, -0.05) is 6.92 Å². The Balaban J connectivity index is 2.24. The molecule has 0 bridgehead atoms. The Hall–Kier alpha value is -1.35. The molecule has 1 aromatic rings. The van der Waals surface area contributed by atoms with Crippen LogP contribution in [0, 0.1) is 6.92 Å². The van der Waals surface area contributed by atoms with E-state index in [-0.39, 0.29) is 6.04 Å². The molecule has 2 heterocycles. The van der Waals surface area contributed by atoms with Gasteiger partial charge in [0.05, 0.1) is 12.3 Å². The number of allylic oxidation sites excluding steroid dienone is 1. The minimum absolute atomic E-state index is 0.0974. The molecule has 0 saturated heterocycles. The standard InChI is InChI=1S/C14H20N2O/c1-3-15-14(13-6-4-5-9-17-13)12-10-11(2)7-8-16-12/h6-8,10,14-15H,3-5,9H2,1-2H3. The summed E-state index contributed by atoms with van der Waals surface area (Å²) in [7, 11) is 0. The number of likely N-dealkylation sites (N-methyl/N-ethyl adjacent to an activating group) is 1. The predicted octanol–water partition coefficient (Wildman–Crippen LogP) is 2.73. The first-order valence-corrected chi connectivity index (χ1v) is 6.30. The van der Waals surface area contributed by atoms with Gasteiger partial charge in [0.1, 0.15) is 11.8 Å². The van der Waals surface area contributed by atoms with E-state index in [1.54, 1.807) is 0 Å². The minimum Gasteiger partial charge on any atom is -0.496 e. The summed E-state index contributed by atoms with van der Waals surface area (Å²) >= 11 is 0. The molecule has 0 spiro atoms. The maximum absolute atomic E-state index is 5.75. The highest BCUT2D eigenvalue weighted by atomic mass is 16.5. The van der Waals surface area contributed by atoms with Crippen LogP contribution in [0.15, 0.2) is 30.2 Å². The van der Waals surface area contributed by atoms with Crippen LogP contribution < -0.4 is 5.32 Å². The van der Waals surface area contributed by atoms with Crippen LogP contribution in [0.25, 0.3) is 0 Å². The molecule has 1 unspecified atom stereocenters. The highest BCUT2D eigenvalue weighted by Gasteiger charge is 2.20. The SMILES string of the molecule is CCNC(C1=CCCCO1)c1cc(C)ccn1. The molecule has 0 amide bonds. The van der Waals surface area contributed by atoms with Gasteiger partial charge in [-0.05, 0) is 50.1 Å². The molecule has 0 aliphatic carbocycles. The zero-order valence-electron chi connectivity index (χ0n) is 10.6. The summed E-state index contributed by atoms with van der Waals surface area (Å²) in [6.45, 7) is 5.91. The van der Waals surface area contributed by atoms with E-state index in [0.29, 0.717) is 0 Å². The summed E-state index contributed by atoms with van der Waals surface area (Å²) in [6.07, 6.45) is 6.26. The summed E-state index contributed by atoms with van der Waals surface area (Å²) in [5, 5.41) is 3.44. The quantitative estimate of drug-likeness (QED) is 0.866. The topological polar surface area (TPSA) is 34.1 Å². The van der Waals surface area contributed by atoms with Crippen molar-refractivity contribution in [2.75, 3.05) is 13.2 Å². The van der Waals surface area contributed by atoms with E-state index in [1.807, 2.05) is 12.3 Å². The molecule has 3 heteroatoms. The van der Waals surface area contributed by atoms with Crippen LogP contribution in [0.2, 0.25) is 0 Å². The number of hydrogen-bond donors (Lipinski definition) is 1. The van der Waals surface area contributed by atoms with Gasteiger partial charge in [0, 0.05) is 6.20 Å². The fourth-order valence-corrected chi connectivity index (χ4v) is 2.05. The molecule has 17 heavy (non-hydrogen) atoms. The molecule has 1 N–H and O–H groups in total. The van der Waals surface area contributed by atoms with Crippen molar-refractivity contribution in [1.82, 2.24) is 10.3 Å². The third-order valence-corrected chi connectivity index (χ3v) is 2.89. The fourth-order valence-electron chi connectivity index (χ4n) is 2.05. The van der Waals surface area contributed by atoms with Gasteiger partial charge in [0.25, 0.3) is 0 Å². The highest BCUT2D eigenvalue weighted by Crippen LogP contribution is 2.25.